The fraction of sp³-hybridized carbons (Fsp3) is 0.192. The van der Waals surface area contributed by atoms with Gasteiger partial charge in [-0.2, -0.15) is 9.97 Å². The highest BCUT2D eigenvalue weighted by Gasteiger charge is 2.19. The number of fused-ring (bicyclic) bond motifs is 1. The number of piperazine rings is 1. The van der Waals surface area contributed by atoms with Gasteiger partial charge in [-0.3, -0.25) is 14.2 Å². The Bertz CT molecular complexity index is 1600. The average Bonchev–Trinajstić information content (AvgIpc) is 2.91. The molecule has 2 aromatic carbocycles. The summed E-state index contributed by atoms with van der Waals surface area (Å²) in [5, 5.41) is 5.39. The molecule has 38 heavy (non-hydrogen) atoms. The number of carbonyl (C=O) groups is 1. The molecule has 12 heteroatoms. The molecule has 3 heterocycles. The summed E-state index contributed by atoms with van der Waals surface area (Å²) in [4.78, 5) is 40.6. The second kappa shape index (κ2) is 10.3. The van der Waals surface area contributed by atoms with Crippen LogP contribution in [0.2, 0.25) is 0 Å². The van der Waals surface area contributed by atoms with E-state index in [1.165, 1.54) is 35.0 Å². The lowest BCUT2D eigenvalue weighted by molar-refractivity contribution is -0.111. The molecule has 0 unspecified atom stereocenters. The first-order valence-corrected chi connectivity index (χ1v) is 11.8. The van der Waals surface area contributed by atoms with E-state index in [0.717, 1.165) is 38.6 Å². The molecule has 0 saturated carbocycles. The van der Waals surface area contributed by atoms with Crippen LogP contribution in [0.5, 0.6) is 0 Å². The normalized spacial score (nSPS) is 13.9. The van der Waals surface area contributed by atoms with Crippen LogP contribution < -0.4 is 21.1 Å². The number of nitrogens with zero attached hydrogens (tertiary/aromatic N) is 6. The van der Waals surface area contributed by atoms with Crippen molar-refractivity contribution in [3.05, 3.63) is 83.6 Å². The highest BCUT2D eigenvalue weighted by molar-refractivity contribution is 5.99. The van der Waals surface area contributed by atoms with Crippen LogP contribution >= 0.6 is 0 Å². The van der Waals surface area contributed by atoms with E-state index in [4.69, 9.17) is 0 Å². The molecule has 194 valence electrons. The van der Waals surface area contributed by atoms with Crippen molar-refractivity contribution in [2.45, 2.75) is 0 Å². The molecule has 2 N–H and O–H groups in total. The lowest BCUT2D eigenvalue weighted by Gasteiger charge is -2.34. The monoisotopic (exact) mass is 518 g/mol. The van der Waals surface area contributed by atoms with Gasteiger partial charge in [0.1, 0.15) is 17.5 Å². The van der Waals surface area contributed by atoms with Crippen molar-refractivity contribution in [3.63, 3.8) is 0 Å². The van der Waals surface area contributed by atoms with Crippen molar-refractivity contribution >= 4 is 40.0 Å². The van der Waals surface area contributed by atoms with Crippen LogP contribution in [0.15, 0.2) is 66.4 Å². The van der Waals surface area contributed by atoms with Gasteiger partial charge < -0.3 is 20.4 Å². The zero-order valence-corrected chi connectivity index (χ0v) is 20.5. The van der Waals surface area contributed by atoms with E-state index in [9.17, 15) is 14.0 Å². The van der Waals surface area contributed by atoms with Crippen LogP contribution in [0.25, 0.3) is 16.7 Å². The first-order valence-electron chi connectivity index (χ1n) is 11.8. The zero-order valence-electron chi connectivity index (χ0n) is 20.5. The second-order valence-corrected chi connectivity index (χ2v) is 8.76. The van der Waals surface area contributed by atoms with Gasteiger partial charge in [-0.1, -0.05) is 12.6 Å². The number of nitrogens with one attached hydrogen (secondary N) is 2. The fourth-order valence-corrected chi connectivity index (χ4v) is 4.18. The highest BCUT2D eigenvalue weighted by Crippen LogP contribution is 2.27. The van der Waals surface area contributed by atoms with Crippen LogP contribution in [-0.2, 0) is 4.79 Å². The Morgan fingerprint density at radius 2 is 1.87 bits per heavy atom. The van der Waals surface area contributed by atoms with Gasteiger partial charge >= 0.3 is 0 Å². The van der Waals surface area contributed by atoms with Crippen LogP contribution in [0.4, 0.5) is 31.8 Å². The maximum absolute atomic E-state index is 15.3. The third-order valence-corrected chi connectivity index (χ3v) is 6.25. The first kappa shape index (κ1) is 25.0. The van der Waals surface area contributed by atoms with E-state index in [2.05, 4.69) is 37.1 Å². The largest absolute Gasteiger partial charge is 0.367 e. The molecule has 5 rings (SSSR count). The predicted octanol–water partition coefficient (Wildman–Crippen LogP) is 3.07. The molecule has 1 fully saturated rings. The number of rotatable bonds is 6. The Kier molecular flexibility index (Phi) is 6.79. The maximum atomic E-state index is 15.3. The number of anilines is 4. The topological polar surface area (TPSA) is 108 Å². The number of benzene rings is 2. The lowest BCUT2D eigenvalue weighted by Crippen LogP contribution is -2.44. The summed E-state index contributed by atoms with van der Waals surface area (Å²) in [5.41, 5.74) is 0.314. The van der Waals surface area contributed by atoms with Gasteiger partial charge in [0.2, 0.25) is 11.9 Å². The first-order chi connectivity index (χ1) is 18.3. The Morgan fingerprint density at radius 1 is 1.08 bits per heavy atom. The quantitative estimate of drug-likeness (QED) is 0.375. The summed E-state index contributed by atoms with van der Waals surface area (Å²) in [6, 6.07) is 9.14. The third-order valence-electron chi connectivity index (χ3n) is 6.25. The molecule has 0 spiro atoms. The second-order valence-electron chi connectivity index (χ2n) is 8.76. The molecular formula is C26H24F2N8O2. The molecule has 1 saturated heterocycles. The Labute approximate surface area is 216 Å². The molecule has 0 radical (unpaired) electrons. The molecule has 10 nitrogen and oxygen atoms in total. The molecule has 0 aliphatic carbocycles. The van der Waals surface area contributed by atoms with Gasteiger partial charge in [0.15, 0.2) is 11.5 Å². The van der Waals surface area contributed by atoms with E-state index >= 15 is 4.39 Å². The SMILES string of the molecule is C=CC(=O)Nc1cccc(-n2cnc(=O)c3cnc(Nc4ccc(N5CCN(C)CC5)c(F)c4)nc32)c1F. The van der Waals surface area contributed by atoms with Gasteiger partial charge in [-0.15, -0.1) is 0 Å². The van der Waals surface area contributed by atoms with Crippen molar-refractivity contribution in [2.75, 3.05) is 48.8 Å². The molecule has 0 atom stereocenters. The van der Waals surface area contributed by atoms with E-state index in [1.54, 1.807) is 12.1 Å². The molecule has 2 aromatic heterocycles. The predicted molar refractivity (Wildman–Crippen MR) is 141 cm³/mol. The number of carbonyl (C=O) groups excluding carboxylic acids is 1. The number of likely N-dealkylation sites (N-methyl/N-ethyl adjacent to an activating group) is 1. The Morgan fingerprint density at radius 3 is 2.61 bits per heavy atom. The Hall–Kier alpha value is -4.71. The summed E-state index contributed by atoms with van der Waals surface area (Å²) in [6.07, 6.45) is 3.43. The lowest BCUT2D eigenvalue weighted by atomic mass is 10.2. The van der Waals surface area contributed by atoms with Crippen LogP contribution in [0.3, 0.4) is 0 Å². The van der Waals surface area contributed by atoms with Crippen molar-refractivity contribution in [3.8, 4) is 5.69 Å². The summed E-state index contributed by atoms with van der Waals surface area (Å²) in [6.45, 7) is 6.53. The number of hydrogen-bond donors (Lipinski definition) is 2. The minimum absolute atomic E-state index is 0.00316. The van der Waals surface area contributed by atoms with E-state index < -0.39 is 17.3 Å². The van der Waals surface area contributed by atoms with E-state index in [-0.39, 0.29) is 34.2 Å². The van der Waals surface area contributed by atoms with E-state index in [1.807, 2.05) is 11.9 Å². The molecular weight excluding hydrogens is 494 g/mol. The highest BCUT2D eigenvalue weighted by atomic mass is 19.1. The number of aromatic nitrogens is 4. The summed E-state index contributed by atoms with van der Waals surface area (Å²) < 4.78 is 31.5. The van der Waals surface area contributed by atoms with Crippen LogP contribution in [0, 0.1) is 11.6 Å². The molecule has 4 aromatic rings. The van der Waals surface area contributed by atoms with Gasteiger partial charge in [-0.05, 0) is 43.5 Å². The molecule has 1 aliphatic rings. The van der Waals surface area contributed by atoms with Crippen LogP contribution in [0.1, 0.15) is 0 Å². The van der Waals surface area contributed by atoms with Crippen LogP contribution in [-0.4, -0.2) is 63.6 Å². The molecule has 1 amide bonds. The smallest absolute Gasteiger partial charge is 0.283 e. The minimum Gasteiger partial charge on any atom is -0.367 e. The average molecular weight is 519 g/mol. The van der Waals surface area contributed by atoms with Crippen molar-refractivity contribution in [1.29, 1.82) is 0 Å². The fourth-order valence-electron chi connectivity index (χ4n) is 4.18. The van der Waals surface area contributed by atoms with Gasteiger partial charge in [0.25, 0.3) is 5.56 Å². The summed E-state index contributed by atoms with van der Waals surface area (Å²) in [5.74, 6) is -1.66. The molecule has 0 bridgehead atoms. The Balaban J connectivity index is 1.48. The summed E-state index contributed by atoms with van der Waals surface area (Å²) in [7, 11) is 2.03. The van der Waals surface area contributed by atoms with Crippen molar-refractivity contribution in [2.24, 2.45) is 0 Å². The number of hydrogen-bond acceptors (Lipinski definition) is 8. The zero-order chi connectivity index (χ0) is 26.8. The number of halogens is 2. The molecule has 1 aliphatic heterocycles. The van der Waals surface area contributed by atoms with Gasteiger partial charge in [0.05, 0.1) is 17.1 Å². The minimum atomic E-state index is -0.760. The van der Waals surface area contributed by atoms with Gasteiger partial charge in [-0.25, -0.2) is 13.8 Å². The maximum Gasteiger partial charge on any atom is 0.283 e. The number of amides is 1. The van der Waals surface area contributed by atoms with E-state index in [0.29, 0.717) is 11.4 Å². The standard InChI is InChI=1S/C26H24F2N8O2/c1-3-22(37)32-19-5-4-6-21(23(19)28)36-15-30-25(38)17-14-29-26(33-24(17)36)31-16-7-8-20(18(27)13-16)35-11-9-34(2)10-12-35/h3-8,13-15H,1,9-12H2,2H3,(H,32,37)(H,29,31,33). The summed E-state index contributed by atoms with van der Waals surface area (Å²) >= 11 is 0. The van der Waals surface area contributed by atoms with Crippen molar-refractivity contribution in [1.82, 2.24) is 24.4 Å². The van der Waals surface area contributed by atoms with Gasteiger partial charge in [0, 0.05) is 38.1 Å². The third kappa shape index (κ3) is 4.93. The van der Waals surface area contributed by atoms with Crippen molar-refractivity contribution < 1.29 is 13.6 Å².